The third kappa shape index (κ3) is 3.43. The van der Waals surface area contributed by atoms with Gasteiger partial charge in [0, 0.05) is 33.1 Å². The summed E-state index contributed by atoms with van der Waals surface area (Å²) < 4.78 is 35.5. The van der Waals surface area contributed by atoms with Crippen molar-refractivity contribution in [1.29, 1.82) is 0 Å². The first-order chi connectivity index (χ1) is 5.81. The summed E-state index contributed by atoms with van der Waals surface area (Å²) >= 11 is 1.43. The third-order valence-corrected chi connectivity index (χ3v) is 5.40. The minimum atomic E-state index is -4.35. The van der Waals surface area contributed by atoms with Crippen LogP contribution in [0.5, 0.6) is 0 Å². The summed E-state index contributed by atoms with van der Waals surface area (Å²) in [7, 11) is -6.32. The van der Waals surface area contributed by atoms with Crippen LogP contribution in [0.4, 0.5) is 0 Å². The highest BCUT2D eigenvalue weighted by atomic mass is 35.7. The van der Waals surface area contributed by atoms with Crippen LogP contribution in [0.15, 0.2) is 21.7 Å². The molecular formula is C6H9ClO4S2. The fourth-order valence-corrected chi connectivity index (χ4v) is 4.69. The Hall–Kier alpha value is 0.180. The maximum absolute atomic E-state index is 10.4. The van der Waals surface area contributed by atoms with Gasteiger partial charge in [-0.25, -0.2) is 0 Å². The summed E-state index contributed by atoms with van der Waals surface area (Å²) in [4.78, 5) is 0.754. The van der Waals surface area contributed by atoms with E-state index in [0.717, 1.165) is 4.90 Å². The van der Waals surface area contributed by atoms with Gasteiger partial charge in [0.2, 0.25) is 0 Å². The number of hydrogen-bond donors (Lipinski definition) is 0. The summed E-state index contributed by atoms with van der Waals surface area (Å²) in [6.45, 7) is 0. The van der Waals surface area contributed by atoms with Crippen LogP contribution >= 0.6 is 21.6 Å². The Bertz CT molecular complexity index is 267. The number of hydrogen-bond acceptors (Lipinski definition) is 5. The molecular weight excluding hydrogens is 236 g/mol. The summed E-state index contributed by atoms with van der Waals surface area (Å²) in [6, 6.07) is 1.75. The first-order valence-electron chi connectivity index (χ1n) is 3.19. The van der Waals surface area contributed by atoms with Crippen LogP contribution in [0.2, 0.25) is 0 Å². The van der Waals surface area contributed by atoms with Crippen LogP contribution in [0, 0.1) is 10.2 Å². The van der Waals surface area contributed by atoms with E-state index in [4.69, 9.17) is 0 Å². The second-order valence-electron chi connectivity index (χ2n) is 2.63. The van der Waals surface area contributed by atoms with Crippen LogP contribution in [0.1, 0.15) is 0 Å². The molecule has 0 aromatic carbocycles. The highest BCUT2D eigenvalue weighted by Crippen LogP contribution is 2.52. The van der Waals surface area contributed by atoms with E-state index >= 15 is 0 Å². The number of thiophene rings is 1. The van der Waals surface area contributed by atoms with Gasteiger partial charge in [-0.05, 0) is 11.4 Å². The molecule has 0 aliphatic rings. The Morgan fingerprint density at radius 1 is 1.38 bits per heavy atom. The van der Waals surface area contributed by atoms with Crippen LogP contribution in [-0.2, 0) is 3.74 Å². The largest absolute Gasteiger partial charge is 0.182 e. The average molecular weight is 245 g/mol. The predicted molar refractivity (Wildman–Crippen MR) is 43.1 cm³/mol. The van der Waals surface area contributed by atoms with Gasteiger partial charge in [-0.2, -0.15) is 25.3 Å². The lowest BCUT2D eigenvalue weighted by atomic mass is 10.7. The summed E-state index contributed by atoms with van der Waals surface area (Å²) in [6.07, 6.45) is 3.22. The second kappa shape index (κ2) is 3.74. The molecule has 1 aromatic rings. The Kier molecular flexibility index (Phi) is 3.24. The minimum Gasteiger partial charge on any atom is -0.182 e. The smallest absolute Gasteiger partial charge is 0.125 e. The Morgan fingerprint density at radius 3 is 2.38 bits per heavy atom. The molecule has 4 nitrogen and oxygen atoms in total. The third-order valence-electron chi connectivity index (χ3n) is 1.30. The number of rotatable bonds is 3. The Labute approximate surface area is 84.0 Å². The van der Waals surface area contributed by atoms with E-state index < -0.39 is 20.6 Å². The van der Waals surface area contributed by atoms with E-state index in [1.807, 2.05) is 5.38 Å². The first kappa shape index (κ1) is 11.3. The maximum atomic E-state index is 10.4. The minimum absolute atomic E-state index is 0.754. The van der Waals surface area contributed by atoms with Crippen LogP contribution in [-0.4, -0.2) is 12.5 Å². The summed E-state index contributed by atoms with van der Waals surface area (Å²) in [5.41, 5.74) is 0. The van der Waals surface area contributed by atoms with Gasteiger partial charge < -0.3 is 0 Å². The molecule has 1 heterocycles. The molecule has 0 saturated heterocycles. The molecule has 0 amide bonds. The lowest BCUT2D eigenvalue weighted by Gasteiger charge is -2.25. The van der Waals surface area contributed by atoms with Gasteiger partial charge in [-0.1, -0.05) is 0 Å². The van der Waals surface area contributed by atoms with E-state index in [0.29, 0.717) is 0 Å². The SMILES string of the molecule is CS(C)(O[Cl+3]([O-])([O-])[O-])c1ccsc1. The molecule has 0 spiro atoms. The van der Waals surface area contributed by atoms with E-state index in [9.17, 15) is 14.0 Å². The molecule has 1 aromatic heterocycles. The zero-order valence-electron chi connectivity index (χ0n) is 7.06. The second-order valence-corrected chi connectivity index (χ2v) is 7.61. The lowest BCUT2D eigenvalue weighted by Crippen LogP contribution is -2.61. The van der Waals surface area contributed by atoms with Crippen molar-refractivity contribution < 1.29 is 28.0 Å². The van der Waals surface area contributed by atoms with Gasteiger partial charge in [0.25, 0.3) is 0 Å². The monoisotopic (exact) mass is 244 g/mol. The van der Waals surface area contributed by atoms with Crippen molar-refractivity contribution in [2.75, 3.05) is 12.5 Å². The zero-order valence-corrected chi connectivity index (χ0v) is 9.45. The van der Waals surface area contributed by atoms with Gasteiger partial charge in [-0.3, -0.25) is 0 Å². The molecule has 0 aliphatic carbocycles. The number of halogens is 1. The molecule has 0 atom stereocenters. The predicted octanol–water partition coefficient (Wildman–Crippen LogP) is -1.000. The van der Waals surface area contributed by atoms with Crippen molar-refractivity contribution in [3.8, 4) is 0 Å². The molecule has 0 N–H and O–H groups in total. The van der Waals surface area contributed by atoms with Gasteiger partial charge in [-0.15, -0.1) is 0 Å². The van der Waals surface area contributed by atoms with Crippen molar-refractivity contribution in [2.24, 2.45) is 0 Å². The van der Waals surface area contributed by atoms with E-state index in [1.165, 1.54) is 11.3 Å². The highest BCUT2D eigenvalue weighted by Gasteiger charge is 2.34. The zero-order chi connectivity index (χ0) is 10.1. The molecule has 0 saturated carbocycles. The van der Waals surface area contributed by atoms with E-state index in [1.54, 1.807) is 24.0 Å². The highest BCUT2D eigenvalue weighted by molar-refractivity contribution is 8.28. The molecule has 1 rings (SSSR count). The summed E-state index contributed by atoms with van der Waals surface area (Å²) in [5.74, 6) is 0. The lowest BCUT2D eigenvalue weighted by molar-refractivity contribution is -1.91. The van der Waals surface area contributed by atoms with Crippen LogP contribution < -0.4 is 14.0 Å². The maximum Gasteiger partial charge on any atom is 0.125 e. The van der Waals surface area contributed by atoms with Crippen molar-refractivity contribution in [3.63, 3.8) is 0 Å². The topological polar surface area (TPSA) is 78.4 Å². The van der Waals surface area contributed by atoms with Gasteiger partial charge in [0.05, 0.1) is 10.2 Å². The molecule has 7 heteroatoms. The van der Waals surface area contributed by atoms with Gasteiger partial charge >= 0.3 is 0 Å². The fourth-order valence-electron chi connectivity index (χ4n) is 0.761. The van der Waals surface area contributed by atoms with Crippen molar-refractivity contribution in [2.45, 2.75) is 4.90 Å². The normalized spacial score (nSPS) is 14.5. The van der Waals surface area contributed by atoms with Crippen molar-refractivity contribution in [1.82, 2.24) is 0 Å². The van der Waals surface area contributed by atoms with Gasteiger partial charge in [0.15, 0.2) is 0 Å². The standard InChI is InChI=1S/C6H9ClO4S2/c1-13(2,11-7(8,9)10)6-3-4-12-5-6/h3-5H,1-2H3. The van der Waals surface area contributed by atoms with E-state index in [2.05, 4.69) is 3.74 Å². The van der Waals surface area contributed by atoms with Gasteiger partial charge in [0.1, 0.15) is 3.74 Å². The van der Waals surface area contributed by atoms with Crippen LogP contribution in [0.3, 0.4) is 0 Å². The Morgan fingerprint density at radius 2 is 2.00 bits per heavy atom. The molecule has 76 valence electrons. The first-order valence-corrected chi connectivity index (χ1v) is 7.74. The molecule has 0 unspecified atom stereocenters. The molecule has 0 aliphatic heterocycles. The molecule has 0 bridgehead atoms. The Balaban J connectivity index is 2.78. The molecule has 0 fully saturated rings. The average Bonchev–Trinajstić information content (AvgIpc) is 2.29. The van der Waals surface area contributed by atoms with Crippen molar-refractivity contribution in [3.05, 3.63) is 16.8 Å². The molecule has 0 radical (unpaired) electrons. The fraction of sp³-hybridized carbons (Fsp3) is 0.333. The molecule has 13 heavy (non-hydrogen) atoms. The van der Waals surface area contributed by atoms with Crippen LogP contribution in [0.25, 0.3) is 0 Å². The van der Waals surface area contributed by atoms with Crippen molar-refractivity contribution >= 4 is 21.6 Å². The quantitative estimate of drug-likeness (QED) is 0.683. The van der Waals surface area contributed by atoms with E-state index in [-0.39, 0.29) is 0 Å². The summed E-state index contributed by atoms with van der Waals surface area (Å²) in [5, 5.41) is 3.58.